The maximum Gasteiger partial charge on any atom is 0.174 e. The fourth-order valence-electron chi connectivity index (χ4n) is 6.20. The van der Waals surface area contributed by atoms with Crippen LogP contribution in [0.4, 0.5) is 11.4 Å². The number of nitrogens with one attached hydrogen (secondary N) is 1. The lowest BCUT2D eigenvalue weighted by atomic mass is 9.91. The molecule has 0 unspecified atom stereocenters. The van der Waals surface area contributed by atoms with Gasteiger partial charge in [0.15, 0.2) is 5.11 Å². The number of thiocarbonyl (C=S) groups is 1. The fourth-order valence-corrected chi connectivity index (χ4v) is 7.01. The molecule has 4 atom stereocenters. The molecular formula is C32H32Cl2N4OS. The van der Waals surface area contributed by atoms with Gasteiger partial charge in [0.2, 0.25) is 0 Å². The molecule has 1 N–H and O–H groups in total. The second kappa shape index (κ2) is 11.1. The van der Waals surface area contributed by atoms with Gasteiger partial charge in [-0.25, -0.2) is 0 Å². The van der Waals surface area contributed by atoms with Crippen molar-refractivity contribution in [2.45, 2.75) is 39.3 Å². The van der Waals surface area contributed by atoms with Crippen LogP contribution in [0.3, 0.4) is 0 Å². The molecule has 2 aliphatic rings. The van der Waals surface area contributed by atoms with Gasteiger partial charge in [-0.15, -0.1) is 0 Å². The van der Waals surface area contributed by atoms with Gasteiger partial charge in [-0.1, -0.05) is 49.2 Å². The number of rotatable bonds is 5. The number of hydrogen-bond donors (Lipinski definition) is 1. The zero-order valence-corrected chi connectivity index (χ0v) is 25.1. The van der Waals surface area contributed by atoms with Crippen LogP contribution in [0.15, 0.2) is 77.3 Å². The highest BCUT2D eigenvalue weighted by Crippen LogP contribution is 2.45. The third kappa shape index (κ3) is 5.20. The van der Waals surface area contributed by atoms with Crippen molar-refractivity contribution < 1.29 is 4.42 Å². The Labute approximate surface area is 251 Å². The van der Waals surface area contributed by atoms with Crippen LogP contribution < -0.4 is 15.1 Å². The van der Waals surface area contributed by atoms with E-state index in [0.717, 1.165) is 57.8 Å². The van der Waals surface area contributed by atoms with E-state index in [1.54, 1.807) is 6.20 Å². The van der Waals surface area contributed by atoms with Gasteiger partial charge in [0.1, 0.15) is 17.6 Å². The summed E-state index contributed by atoms with van der Waals surface area (Å²) in [6.07, 6.45) is 3.05. The Kier molecular flexibility index (Phi) is 7.51. The normalized spacial score (nSPS) is 23.0. The lowest BCUT2D eigenvalue weighted by Crippen LogP contribution is -2.38. The zero-order chi connectivity index (χ0) is 28.0. The smallest absolute Gasteiger partial charge is 0.174 e. The van der Waals surface area contributed by atoms with Gasteiger partial charge in [-0.2, -0.15) is 0 Å². The molecule has 0 saturated carbocycles. The minimum atomic E-state index is -0.271. The van der Waals surface area contributed by atoms with Crippen molar-refractivity contribution in [2.75, 3.05) is 22.9 Å². The molecule has 8 heteroatoms. The van der Waals surface area contributed by atoms with Crippen molar-refractivity contribution >= 4 is 51.9 Å². The lowest BCUT2D eigenvalue weighted by molar-refractivity contribution is 0.357. The van der Waals surface area contributed by atoms with E-state index < -0.39 is 0 Å². The average Bonchev–Trinajstić information content (AvgIpc) is 3.54. The zero-order valence-electron chi connectivity index (χ0n) is 22.8. The molecule has 2 aromatic carbocycles. The Morgan fingerprint density at radius 2 is 1.77 bits per heavy atom. The van der Waals surface area contributed by atoms with Crippen LogP contribution >= 0.6 is 35.4 Å². The second-order valence-corrected chi connectivity index (χ2v) is 12.4. The molecule has 0 amide bonds. The topological polar surface area (TPSA) is 44.5 Å². The summed E-state index contributed by atoms with van der Waals surface area (Å²) in [6.45, 7) is 8.69. The number of nitrogens with zero attached hydrogens (tertiary/aromatic N) is 3. The van der Waals surface area contributed by atoms with Crippen molar-refractivity contribution in [3.8, 4) is 11.3 Å². The molecular weight excluding hydrogens is 559 g/mol. The molecule has 5 nitrogen and oxygen atoms in total. The van der Waals surface area contributed by atoms with Crippen molar-refractivity contribution in [3.63, 3.8) is 0 Å². The SMILES string of the molecule is Cc1ccc(Cl)cc1-c1ccc([C@@H]2[C@H](c3ccccn3)NC(=S)N2c2ccc(N3C[C@@H](C)C[C@H](C)C3)c(Cl)c2)o1. The van der Waals surface area contributed by atoms with Crippen LogP contribution in [0.5, 0.6) is 0 Å². The van der Waals surface area contributed by atoms with E-state index in [-0.39, 0.29) is 12.1 Å². The van der Waals surface area contributed by atoms with Gasteiger partial charge < -0.3 is 19.5 Å². The number of halogens is 2. The number of aryl methyl sites for hydroxylation is 1. The van der Waals surface area contributed by atoms with Crippen molar-refractivity contribution in [3.05, 3.63) is 100.0 Å². The van der Waals surface area contributed by atoms with E-state index in [0.29, 0.717) is 22.0 Å². The second-order valence-electron chi connectivity index (χ2n) is 11.1. The molecule has 2 saturated heterocycles. The van der Waals surface area contributed by atoms with Crippen LogP contribution in [0.1, 0.15) is 49.4 Å². The Morgan fingerprint density at radius 3 is 2.50 bits per heavy atom. The first-order valence-corrected chi connectivity index (χ1v) is 14.9. The summed E-state index contributed by atoms with van der Waals surface area (Å²) in [7, 11) is 0. The van der Waals surface area contributed by atoms with Crippen LogP contribution in [0.25, 0.3) is 11.3 Å². The predicted molar refractivity (Wildman–Crippen MR) is 168 cm³/mol. The molecule has 0 aliphatic carbocycles. The molecule has 40 heavy (non-hydrogen) atoms. The summed E-state index contributed by atoms with van der Waals surface area (Å²) in [6, 6.07) is 21.5. The largest absolute Gasteiger partial charge is 0.459 e. The van der Waals surface area contributed by atoms with Gasteiger partial charge in [-0.05, 0) is 97.6 Å². The highest BCUT2D eigenvalue weighted by Gasteiger charge is 2.43. The monoisotopic (exact) mass is 590 g/mol. The van der Waals surface area contributed by atoms with E-state index >= 15 is 0 Å². The number of benzene rings is 2. The van der Waals surface area contributed by atoms with Gasteiger partial charge in [0.05, 0.1) is 22.4 Å². The molecule has 2 aliphatic heterocycles. The summed E-state index contributed by atoms with van der Waals surface area (Å²) >= 11 is 19.2. The lowest BCUT2D eigenvalue weighted by Gasteiger charge is -2.37. The minimum absolute atomic E-state index is 0.213. The molecule has 0 radical (unpaired) electrons. The van der Waals surface area contributed by atoms with Crippen LogP contribution in [-0.4, -0.2) is 23.2 Å². The van der Waals surface area contributed by atoms with Gasteiger partial charge in [0.25, 0.3) is 0 Å². The first kappa shape index (κ1) is 27.1. The summed E-state index contributed by atoms with van der Waals surface area (Å²) in [5.41, 5.74) is 4.91. The van der Waals surface area contributed by atoms with Crippen LogP contribution in [0.2, 0.25) is 10.0 Å². The minimum Gasteiger partial charge on any atom is -0.459 e. The maximum absolute atomic E-state index is 6.97. The van der Waals surface area contributed by atoms with E-state index in [1.165, 1.54) is 6.42 Å². The van der Waals surface area contributed by atoms with E-state index in [1.807, 2.05) is 54.6 Å². The molecule has 0 spiro atoms. The standard InChI is InChI=1S/C32H32Cl2N4OS/c1-19-14-20(2)18-37(17-19)27-10-9-23(16-25(27)34)38-31(30(36-32(38)40)26-6-4-5-13-35-26)29-12-11-28(39-29)24-15-22(33)8-7-21(24)3/h4-13,15-16,19-20,30-31H,14,17-18H2,1-3H3,(H,36,40)/t19-,20-,30-,31+/m0/s1. The summed E-state index contributed by atoms with van der Waals surface area (Å²) in [5.74, 6) is 2.80. The summed E-state index contributed by atoms with van der Waals surface area (Å²) in [4.78, 5) is 9.16. The fraction of sp³-hybridized carbons (Fsp3) is 0.312. The van der Waals surface area contributed by atoms with Crippen LogP contribution in [-0.2, 0) is 0 Å². The summed E-state index contributed by atoms with van der Waals surface area (Å²) in [5, 5.41) is 5.49. The van der Waals surface area contributed by atoms with Crippen LogP contribution in [0, 0.1) is 18.8 Å². The van der Waals surface area contributed by atoms with E-state index in [9.17, 15) is 0 Å². The number of furan rings is 1. The molecule has 0 bridgehead atoms. The number of hydrogen-bond acceptors (Lipinski definition) is 4. The predicted octanol–water partition coefficient (Wildman–Crippen LogP) is 8.62. The number of piperidine rings is 1. The third-order valence-electron chi connectivity index (χ3n) is 7.90. The molecule has 4 aromatic rings. The highest BCUT2D eigenvalue weighted by atomic mass is 35.5. The Bertz CT molecular complexity index is 1530. The molecule has 2 aromatic heterocycles. The van der Waals surface area contributed by atoms with E-state index in [2.05, 4.69) is 53.0 Å². The van der Waals surface area contributed by atoms with Crippen molar-refractivity contribution in [1.29, 1.82) is 0 Å². The maximum atomic E-state index is 6.97. The molecule has 6 rings (SSSR count). The summed E-state index contributed by atoms with van der Waals surface area (Å²) < 4.78 is 6.55. The highest BCUT2D eigenvalue weighted by molar-refractivity contribution is 7.80. The van der Waals surface area contributed by atoms with Crippen molar-refractivity contribution in [2.24, 2.45) is 11.8 Å². The number of aromatic nitrogens is 1. The quantitative estimate of drug-likeness (QED) is 0.235. The molecule has 206 valence electrons. The van der Waals surface area contributed by atoms with Gasteiger partial charge in [-0.3, -0.25) is 4.98 Å². The molecule has 4 heterocycles. The van der Waals surface area contributed by atoms with Gasteiger partial charge >= 0.3 is 0 Å². The first-order valence-electron chi connectivity index (χ1n) is 13.7. The number of anilines is 2. The Hall–Kier alpha value is -3.06. The van der Waals surface area contributed by atoms with E-state index in [4.69, 9.17) is 39.8 Å². The van der Waals surface area contributed by atoms with Gasteiger partial charge in [0, 0.05) is 35.6 Å². The Balaban J connectivity index is 1.39. The number of pyridine rings is 1. The third-order valence-corrected chi connectivity index (χ3v) is 8.75. The molecule has 2 fully saturated rings. The first-order chi connectivity index (χ1) is 19.3. The average molecular weight is 592 g/mol. The van der Waals surface area contributed by atoms with Crippen molar-refractivity contribution in [1.82, 2.24) is 10.3 Å². The Morgan fingerprint density at radius 1 is 0.975 bits per heavy atom.